The van der Waals surface area contributed by atoms with Crippen molar-refractivity contribution in [2.45, 2.75) is 6.42 Å². The van der Waals surface area contributed by atoms with Crippen molar-refractivity contribution in [1.29, 1.82) is 0 Å². The summed E-state index contributed by atoms with van der Waals surface area (Å²) < 4.78 is 5.17. The van der Waals surface area contributed by atoms with Gasteiger partial charge in [-0.25, -0.2) is 9.78 Å². The van der Waals surface area contributed by atoms with E-state index in [9.17, 15) is 4.79 Å². The number of pyridine rings is 2. The fourth-order valence-electron chi connectivity index (χ4n) is 2.47. The van der Waals surface area contributed by atoms with E-state index >= 15 is 0 Å². The third-order valence-corrected chi connectivity index (χ3v) is 3.59. The first-order chi connectivity index (χ1) is 10.2. The number of ether oxygens (including phenoxy) is 1. The molecule has 2 aromatic rings. The molecule has 0 spiro atoms. The molecule has 0 saturated carbocycles. The molecule has 0 aromatic carbocycles. The van der Waals surface area contributed by atoms with Gasteiger partial charge < -0.3 is 14.7 Å². The van der Waals surface area contributed by atoms with Crippen LogP contribution in [0.3, 0.4) is 0 Å². The summed E-state index contributed by atoms with van der Waals surface area (Å²) in [5.41, 5.74) is 3.67. The Kier molecular flexibility index (Phi) is 3.43. The lowest BCUT2D eigenvalue weighted by atomic mass is 9.99. The predicted octanol–water partition coefficient (Wildman–Crippen LogP) is 2.41. The summed E-state index contributed by atoms with van der Waals surface area (Å²) in [6.07, 6.45) is 3.47. The van der Waals surface area contributed by atoms with Gasteiger partial charge in [0.05, 0.1) is 12.6 Å². The van der Waals surface area contributed by atoms with E-state index in [4.69, 9.17) is 9.84 Å². The highest BCUT2D eigenvalue weighted by atomic mass is 16.5. The summed E-state index contributed by atoms with van der Waals surface area (Å²) in [5.74, 6) is 0.542. The van der Waals surface area contributed by atoms with Crippen LogP contribution in [-0.2, 0) is 0 Å². The Bertz CT molecular complexity index is 727. The third kappa shape index (κ3) is 2.52. The molecule has 0 unspecified atom stereocenters. The monoisotopic (exact) mass is 285 g/mol. The van der Waals surface area contributed by atoms with Crippen molar-refractivity contribution < 1.29 is 14.6 Å². The second-order valence-corrected chi connectivity index (χ2v) is 4.79. The molecule has 3 rings (SSSR count). The number of carbonyl (C=O) groups is 1. The van der Waals surface area contributed by atoms with Gasteiger partial charge >= 0.3 is 6.09 Å². The molecule has 1 N–H and O–H groups in total. The van der Waals surface area contributed by atoms with E-state index in [-0.39, 0.29) is 0 Å². The molecule has 1 aliphatic rings. The Morgan fingerprint density at radius 1 is 1.38 bits per heavy atom. The van der Waals surface area contributed by atoms with Crippen LogP contribution in [0.5, 0.6) is 5.88 Å². The van der Waals surface area contributed by atoms with E-state index in [2.05, 4.69) is 9.97 Å². The van der Waals surface area contributed by atoms with Crippen LogP contribution in [-0.4, -0.2) is 46.3 Å². The Morgan fingerprint density at radius 2 is 2.24 bits per heavy atom. The average Bonchev–Trinajstić information content (AvgIpc) is 2.54. The Labute approximate surface area is 121 Å². The largest absolute Gasteiger partial charge is 0.481 e. The third-order valence-electron chi connectivity index (χ3n) is 3.59. The number of rotatable bonds is 2. The lowest BCUT2D eigenvalue weighted by Gasteiger charge is -2.24. The van der Waals surface area contributed by atoms with Crippen molar-refractivity contribution in [2.75, 3.05) is 20.2 Å². The van der Waals surface area contributed by atoms with Gasteiger partial charge in [-0.2, -0.15) is 0 Å². The van der Waals surface area contributed by atoms with Crippen LogP contribution in [0, 0.1) is 0 Å². The van der Waals surface area contributed by atoms with Gasteiger partial charge in [-0.3, -0.25) is 4.98 Å². The van der Waals surface area contributed by atoms with Gasteiger partial charge in [0.25, 0.3) is 0 Å². The summed E-state index contributed by atoms with van der Waals surface area (Å²) in [4.78, 5) is 21.1. The molecule has 6 heteroatoms. The fraction of sp³-hybridized carbons (Fsp3) is 0.267. The van der Waals surface area contributed by atoms with Gasteiger partial charge in [-0.15, -0.1) is 0 Å². The topological polar surface area (TPSA) is 75.5 Å². The average molecular weight is 285 g/mol. The normalized spacial score (nSPS) is 14.9. The van der Waals surface area contributed by atoms with Crippen LogP contribution in [0.2, 0.25) is 0 Å². The van der Waals surface area contributed by atoms with E-state index in [1.54, 1.807) is 19.4 Å². The zero-order valence-electron chi connectivity index (χ0n) is 11.6. The van der Waals surface area contributed by atoms with Crippen molar-refractivity contribution in [2.24, 2.45) is 0 Å². The SMILES string of the molecule is COc1ccc2nccc(C3=CCN(C(=O)O)CC3)c2n1. The predicted molar refractivity (Wildman–Crippen MR) is 78.3 cm³/mol. The van der Waals surface area contributed by atoms with Crippen LogP contribution in [0.15, 0.2) is 30.5 Å². The summed E-state index contributed by atoms with van der Waals surface area (Å²) in [6.45, 7) is 0.896. The van der Waals surface area contributed by atoms with Gasteiger partial charge in [-0.1, -0.05) is 6.08 Å². The minimum atomic E-state index is -0.885. The molecule has 108 valence electrons. The number of amides is 1. The van der Waals surface area contributed by atoms with Gasteiger partial charge in [-0.05, 0) is 24.1 Å². The molecule has 0 fully saturated rings. The molecule has 0 bridgehead atoms. The zero-order valence-corrected chi connectivity index (χ0v) is 11.6. The van der Waals surface area contributed by atoms with E-state index in [0.29, 0.717) is 25.4 Å². The molecule has 1 aliphatic heterocycles. The van der Waals surface area contributed by atoms with Crippen molar-refractivity contribution in [3.63, 3.8) is 0 Å². The quantitative estimate of drug-likeness (QED) is 0.917. The standard InChI is InChI=1S/C15H15N3O3/c1-21-13-3-2-12-14(17-13)11(4-7-16-12)10-5-8-18(9-6-10)15(19)20/h2-5,7H,6,8-9H2,1H3,(H,19,20). The van der Waals surface area contributed by atoms with Gasteiger partial charge in [0.15, 0.2) is 0 Å². The summed E-state index contributed by atoms with van der Waals surface area (Å²) in [5, 5.41) is 8.99. The first-order valence-electron chi connectivity index (χ1n) is 6.66. The Hall–Kier alpha value is -2.63. The molecule has 0 aliphatic carbocycles. The molecule has 2 aromatic heterocycles. The van der Waals surface area contributed by atoms with Crippen LogP contribution in [0.1, 0.15) is 12.0 Å². The van der Waals surface area contributed by atoms with E-state index < -0.39 is 6.09 Å². The van der Waals surface area contributed by atoms with E-state index in [0.717, 1.165) is 22.2 Å². The van der Waals surface area contributed by atoms with Crippen LogP contribution in [0.4, 0.5) is 4.79 Å². The molecule has 0 atom stereocenters. The number of fused-ring (bicyclic) bond motifs is 1. The molecule has 0 radical (unpaired) electrons. The van der Waals surface area contributed by atoms with Gasteiger partial charge in [0.2, 0.25) is 5.88 Å². The van der Waals surface area contributed by atoms with Gasteiger partial charge in [0.1, 0.15) is 5.52 Å². The smallest absolute Gasteiger partial charge is 0.407 e. The van der Waals surface area contributed by atoms with E-state index in [1.807, 2.05) is 18.2 Å². The van der Waals surface area contributed by atoms with Crippen LogP contribution >= 0.6 is 0 Å². The maximum atomic E-state index is 11.0. The molecular formula is C15H15N3O3. The van der Waals surface area contributed by atoms with Crippen LogP contribution in [0.25, 0.3) is 16.6 Å². The Balaban J connectivity index is 2.02. The summed E-state index contributed by atoms with van der Waals surface area (Å²) in [6, 6.07) is 5.56. The number of carboxylic acid groups (broad SMARTS) is 1. The maximum Gasteiger partial charge on any atom is 0.407 e. The summed E-state index contributed by atoms with van der Waals surface area (Å²) >= 11 is 0. The summed E-state index contributed by atoms with van der Waals surface area (Å²) in [7, 11) is 1.58. The maximum absolute atomic E-state index is 11.0. The number of methoxy groups -OCH3 is 1. The van der Waals surface area contributed by atoms with Crippen molar-refractivity contribution >= 4 is 22.7 Å². The van der Waals surface area contributed by atoms with Crippen molar-refractivity contribution in [1.82, 2.24) is 14.9 Å². The molecule has 3 heterocycles. The second-order valence-electron chi connectivity index (χ2n) is 4.79. The minimum Gasteiger partial charge on any atom is -0.481 e. The molecule has 21 heavy (non-hydrogen) atoms. The first kappa shape index (κ1) is 13.4. The first-order valence-corrected chi connectivity index (χ1v) is 6.66. The molecule has 0 saturated heterocycles. The molecule has 1 amide bonds. The fourth-order valence-corrected chi connectivity index (χ4v) is 2.47. The highest BCUT2D eigenvalue weighted by Gasteiger charge is 2.18. The molecular weight excluding hydrogens is 270 g/mol. The van der Waals surface area contributed by atoms with E-state index in [1.165, 1.54) is 4.90 Å². The van der Waals surface area contributed by atoms with Gasteiger partial charge in [0, 0.05) is 30.9 Å². The number of hydrogen-bond donors (Lipinski definition) is 1. The van der Waals surface area contributed by atoms with Crippen LogP contribution < -0.4 is 4.74 Å². The van der Waals surface area contributed by atoms with Crippen molar-refractivity contribution in [3.05, 3.63) is 36.0 Å². The number of hydrogen-bond acceptors (Lipinski definition) is 4. The second kappa shape index (κ2) is 5.40. The number of aromatic nitrogens is 2. The zero-order chi connectivity index (χ0) is 14.8. The molecule has 6 nitrogen and oxygen atoms in total. The number of nitrogens with zero attached hydrogens (tertiary/aromatic N) is 3. The Morgan fingerprint density at radius 3 is 2.90 bits per heavy atom. The minimum absolute atomic E-state index is 0.401. The van der Waals surface area contributed by atoms with Crippen molar-refractivity contribution in [3.8, 4) is 5.88 Å². The highest BCUT2D eigenvalue weighted by Crippen LogP contribution is 2.28. The lowest BCUT2D eigenvalue weighted by Crippen LogP contribution is -2.33. The highest BCUT2D eigenvalue weighted by molar-refractivity contribution is 5.89. The lowest BCUT2D eigenvalue weighted by molar-refractivity contribution is 0.150.